The van der Waals surface area contributed by atoms with Gasteiger partial charge in [-0.1, -0.05) is 24.3 Å². The Kier molecular flexibility index (Phi) is 7.88. The Bertz CT molecular complexity index is 1310. The number of ether oxygens (including phenoxy) is 1. The van der Waals surface area contributed by atoms with Crippen LogP contribution in [0.25, 0.3) is 11.3 Å². The maximum absolute atomic E-state index is 12.2. The maximum atomic E-state index is 12.2. The zero-order valence-corrected chi connectivity index (χ0v) is 20.6. The number of nitrogens with zero attached hydrogens (tertiary/aromatic N) is 3. The highest BCUT2D eigenvalue weighted by molar-refractivity contribution is 5.89. The van der Waals surface area contributed by atoms with Crippen LogP contribution in [-0.2, 0) is 13.2 Å². The van der Waals surface area contributed by atoms with E-state index in [4.69, 9.17) is 4.74 Å². The SMILES string of the molecule is O=C(NCc1cccnc1)Nc1ccc(OCc2cccnc2-c2cccc(N3CCNCC3)c2)cc1. The van der Waals surface area contributed by atoms with Gasteiger partial charge in [-0.05, 0) is 54.1 Å². The number of carbonyl (C=O) groups is 1. The number of aromatic nitrogens is 2. The molecule has 0 spiro atoms. The highest BCUT2D eigenvalue weighted by atomic mass is 16.5. The van der Waals surface area contributed by atoms with Gasteiger partial charge in [-0.2, -0.15) is 0 Å². The maximum Gasteiger partial charge on any atom is 0.319 e. The van der Waals surface area contributed by atoms with E-state index in [0.717, 1.165) is 48.6 Å². The smallest absolute Gasteiger partial charge is 0.319 e. The molecule has 1 saturated heterocycles. The normalized spacial score (nSPS) is 13.1. The molecule has 0 atom stereocenters. The molecule has 2 aromatic heterocycles. The lowest BCUT2D eigenvalue weighted by Gasteiger charge is -2.29. The number of hydrogen-bond acceptors (Lipinski definition) is 6. The summed E-state index contributed by atoms with van der Waals surface area (Å²) < 4.78 is 6.07. The summed E-state index contributed by atoms with van der Waals surface area (Å²) in [6, 6.07) is 23.3. The lowest BCUT2D eigenvalue weighted by atomic mass is 10.0. The first kappa shape index (κ1) is 24.3. The third kappa shape index (κ3) is 6.62. The van der Waals surface area contributed by atoms with Crippen LogP contribution in [0.1, 0.15) is 11.1 Å². The largest absolute Gasteiger partial charge is 0.489 e. The first-order chi connectivity index (χ1) is 18.2. The molecule has 0 unspecified atom stereocenters. The highest BCUT2D eigenvalue weighted by Crippen LogP contribution is 2.27. The zero-order chi connectivity index (χ0) is 25.3. The van der Waals surface area contributed by atoms with E-state index in [9.17, 15) is 4.79 Å². The lowest BCUT2D eigenvalue weighted by Crippen LogP contribution is -2.43. The minimum Gasteiger partial charge on any atom is -0.489 e. The molecule has 1 fully saturated rings. The zero-order valence-electron chi connectivity index (χ0n) is 20.6. The summed E-state index contributed by atoms with van der Waals surface area (Å²) in [5, 5.41) is 9.05. The first-order valence-corrected chi connectivity index (χ1v) is 12.4. The molecule has 0 bridgehead atoms. The average molecular weight is 495 g/mol. The number of amides is 2. The first-order valence-electron chi connectivity index (χ1n) is 12.4. The van der Waals surface area contributed by atoms with Crippen LogP contribution >= 0.6 is 0 Å². The van der Waals surface area contributed by atoms with Crippen LogP contribution < -0.4 is 25.6 Å². The van der Waals surface area contributed by atoms with Gasteiger partial charge in [-0.3, -0.25) is 9.97 Å². The summed E-state index contributed by atoms with van der Waals surface area (Å²) in [5.74, 6) is 0.714. The van der Waals surface area contributed by atoms with Crippen molar-refractivity contribution in [3.8, 4) is 17.0 Å². The third-order valence-corrected chi connectivity index (χ3v) is 6.18. The monoisotopic (exact) mass is 494 g/mol. The van der Waals surface area contributed by atoms with Crippen LogP contribution in [0, 0.1) is 0 Å². The number of piperazine rings is 1. The fourth-order valence-corrected chi connectivity index (χ4v) is 4.24. The molecule has 5 rings (SSSR count). The molecule has 0 saturated carbocycles. The number of benzene rings is 2. The molecule has 1 aliphatic heterocycles. The Balaban J connectivity index is 1.19. The number of nitrogens with one attached hydrogen (secondary N) is 3. The molecule has 8 heteroatoms. The minimum absolute atomic E-state index is 0.277. The number of carbonyl (C=O) groups excluding carboxylic acids is 1. The molecule has 0 aliphatic carbocycles. The third-order valence-electron chi connectivity index (χ3n) is 6.18. The van der Waals surface area contributed by atoms with E-state index >= 15 is 0 Å². The van der Waals surface area contributed by atoms with Gasteiger partial charge in [0.2, 0.25) is 0 Å². The van der Waals surface area contributed by atoms with Crippen molar-refractivity contribution in [2.45, 2.75) is 13.2 Å². The molecule has 37 heavy (non-hydrogen) atoms. The van der Waals surface area contributed by atoms with E-state index in [1.165, 1.54) is 5.69 Å². The molecule has 2 amide bonds. The quantitative estimate of drug-likeness (QED) is 0.335. The van der Waals surface area contributed by atoms with E-state index in [2.05, 4.69) is 55.1 Å². The molecule has 8 nitrogen and oxygen atoms in total. The van der Waals surface area contributed by atoms with Crippen molar-refractivity contribution in [3.63, 3.8) is 0 Å². The fraction of sp³-hybridized carbons (Fsp3) is 0.207. The van der Waals surface area contributed by atoms with Crippen molar-refractivity contribution < 1.29 is 9.53 Å². The standard InChI is InChI=1S/C29H30N6O2/c36-29(33-20-22-4-2-12-31-19-22)34-25-8-10-27(11-9-25)37-21-24-6-3-13-32-28(24)23-5-1-7-26(18-23)35-16-14-30-15-17-35/h1-13,18-19,30H,14-17,20-21H2,(H2,33,34,36). The minimum atomic E-state index is -0.277. The van der Waals surface area contributed by atoms with Crippen LogP contribution in [0.4, 0.5) is 16.2 Å². The summed E-state index contributed by atoms with van der Waals surface area (Å²) >= 11 is 0. The van der Waals surface area contributed by atoms with Crippen molar-refractivity contribution in [3.05, 3.63) is 103 Å². The molecule has 0 radical (unpaired) electrons. The van der Waals surface area contributed by atoms with Crippen LogP contribution in [0.5, 0.6) is 5.75 Å². The predicted molar refractivity (Wildman–Crippen MR) is 146 cm³/mol. The number of urea groups is 1. The van der Waals surface area contributed by atoms with Gasteiger partial charge in [0.1, 0.15) is 12.4 Å². The van der Waals surface area contributed by atoms with Gasteiger partial charge in [0.05, 0.1) is 5.69 Å². The van der Waals surface area contributed by atoms with Gasteiger partial charge < -0.3 is 25.6 Å². The fourth-order valence-electron chi connectivity index (χ4n) is 4.24. The summed E-state index contributed by atoms with van der Waals surface area (Å²) in [4.78, 5) is 23.3. The second-order valence-electron chi connectivity index (χ2n) is 8.78. The highest BCUT2D eigenvalue weighted by Gasteiger charge is 2.13. The van der Waals surface area contributed by atoms with E-state index in [0.29, 0.717) is 24.6 Å². The summed E-state index contributed by atoms with van der Waals surface area (Å²) in [6.45, 7) is 4.79. The Hall–Kier alpha value is -4.43. The lowest BCUT2D eigenvalue weighted by molar-refractivity contribution is 0.251. The number of rotatable bonds is 8. The van der Waals surface area contributed by atoms with E-state index in [-0.39, 0.29) is 6.03 Å². The molecule has 4 aromatic rings. The number of hydrogen-bond donors (Lipinski definition) is 3. The van der Waals surface area contributed by atoms with Crippen LogP contribution in [-0.4, -0.2) is 42.2 Å². The Labute approximate surface area is 216 Å². The molecule has 2 aromatic carbocycles. The Morgan fingerprint density at radius 3 is 2.62 bits per heavy atom. The van der Waals surface area contributed by atoms with E-state index < -0.39 is 0 Å². The Morgan fingerprint density at radius 2 is 1.81 bits per heavy atom. The van der Waals surface area contributed by atoms with Crippen LogP contribution in [0.2, 0.25) is 0 Å². The van der Waals surface area contributed by atoms with E-state index in [1.54, 1.807) is 12.4 Å². The predicted octanol–water partition coefficient (Wildman–Crippen LogP) is 4.45. The average Bonchev–Trinajstić information content (AvgIpc) is 2.97. The van der Waals surface area contributed by atoms with Gasteiger partial charge in [0, 0.05) is 73.8 Å². The summed E-state index contributed by atoms with van der Waals surface area (Å²) in [7, 11) is 0. The van der Waals surface area contributed by atoms with Crippen LogP contribution in [0.15, 0.2) is 91.4 Å². The molecular weight excluding hydrogens is 464 g/mol. The molecular formula is C29H30N6O2. The summed E-state index contributed by atoms with van der Waals surface area (Å²) in [5.41, 5.74) is 5.84. The second-order valence-corrected chi connectivity index (χ2v) is 8.78. The second kappa shape index (κ2) is 12.0. The molecule has 3 heterocycles. The number of pyridine rings is 2. The van der Waals surface area contributed by atoms with Crippen molar-refractivity contribution in [2.75, 3.05) is 36.4 Å². The van der Waals surface area contributed by atoms with Crippen molar-refractivity contribution >= 4 is 17.4 Å². The topological polar surface area (TPSA) is 91.4 Å². The van der Waals surface area contributed by atoms with Crippen molar-refractivity contribution in [2.24, 2.45) is 0 Å². The van der Waals surface area contributed by atoms with Gasteiger partial charge in [-0.25, -0.2) is 4.79 Å². The van der Waals surface area contributed by atoms with E-state index in [1.807, 2.05) is 54.7 Å². The summed E-state index contributed by atoms with van der Waals surface area (Å²) in [6.07, 6.45) is 5.24. The van der Waals surface area contributed by atoms with Gasteiger partial charge in [0.15, 0.2) is 0 Å². The molecule has 188 valence electrons. The molecule has 1 aliphatic rings. The number of anilines is 2. The van der Waals surface area contributed by atoms with Crippen molar-refractivity contribution in [1.29, 1.82) is 0 Å². The van der Waals surface area contributed by atoms with Crippen LogP contribution in [0.3, 0.4) is 0 Å². The molecule has 3 N–H and O–H groups in total. The van der Waals surface area contributed by atoms with Gasteiger partial charge >= 0.3 is 6.03 Å². The van der Waals surface area contributed by atoms with Gasteiger partial charge in [-0.15, -0.1) is 0 Å². The Morgan fingerprint density at radius 1 is 0.973 bits per heavy atom. The van der Waals surface area contributed by atoms with Gasteiger partial charge in [0.25, 0.3) is 0 Å². The van der Waals surface area contributed by atoms with Crippen molar-refractivity contribution in [1.82, 2.24) is 20.6 Å².